The lowest BCUT2D eigenvalue weighted by atomic mass is 10.1. The van der Waals surface area contributed by atoms with E-state index in [1.54, 1.807) is 12.5 Å². The molecule has 0 aliphatic heterocycles. The van der Waals surface area contributed by atoms with Gasteiger partial charge in [-0.05, 0) is 32.0 Å². The highest BCUT2D eigenvalue weighted by atomic mass is 14.8. The van der Waals surface area contributed by atoms with Gasteiger partial charge in [0.1, 0.15) is 6.33 Å². The van der Waals surface area contributed by atoms with E-state index in [2.05, 4.69) is 15.0 Å². The maximum absolute atomic E-state index is 4.39. The summed E-state index contributed by atoms with van der Waals surface area (Å²) in [6.45, 7) is 3.97. The molecule has 2 heterocycles. The largest absolute Gasteiger partial charge is 0.258 e. The average molecular weight is 185 g/mol. The first-order valence-corrected chi connectivity index (χ1v) is 4.48. The van der Waals surface area contributed by atoms with Crippen LogP contribution in [0.5, 0.6) is 0 Å². The van der Waals surface area contributed by atoms with Crippen LogP contribution in [0.3, 0.4) is 0 Å². The molecule has 0 aliphatic rings. The van der Waals surface area contributed by atoms with E-state index in [-0.39, 0.29) is 0 Å². The molecule has 2 aromatic heterocycles. The van der Waals surface area contributed by atoms with Crippen molar-refractivity contribution >= 4 is 0 Å². The number of hydrogen-bond acceptors (Lipinski definition) is 3. The highest BCUT2D eigenvalue weighted by Gasteiger charge is 2.03. The third kappa shape index (κ3) is 1.62. The molecule has 0 fully saturated rings. The summed E-state index contributed by atoms with van der Waals surface area (Å²) in [5.41, 5.74) is 4.02. The molecule has 0 saturated heterocycles. The van der Waals surface area contributed by atoms with Crippen LogP contribution in [0.15, 0.2) is 30.7 Å². The Labute approximate surface area is 82.9 Å². The Morgan fingerprint density at radius 2 is 1.93 bits per heavy atom. The molecule has 0 atom stereocenters. The number of hydrogen-bond donors (Lipinski definition) is 0. The SMILES string of the molecule is Cc1ccc(-c2ccncn2)c(C)n1. The number of nitrogens with zero attached hydrogens (tertiary/aromatic N) is 3. The van der Waals surface area contributed by atoms with Gasteiger partial charge in [-0.2, -0.15) is 0 Å². The zero-order valence-electron chi connectivity index (χ0n) is 8.23. The molecule has 70 valence electrons. The zero-order chi connectivity index (χ0) is 9.97. The van der Waals surface area contributed by atoms with Crippen LogP contribution in [0.4, 0.5) is 0 Å². The Morgan fingerprint density at radius 1 is 1.07 bits per heavy atom. The first-order chi connectivity index (χ1) is 6.77. The minimum atomic E-state index is 0.921. The molecule has 3 nitrogen and oxygen atoms in total. The predicted octanol–water partition coefficient (Wildman–Crippen LogP) is 2.16. The summed E-state index contributed by atoms with van der Waals surface area (Å²) in [5.74, 6) is 0. The van der Waals surface area contributed by atoms with Crippen LogP contribution in [0.1, 0.15) is 11.4 Å². The molecule has 0 spiro atoms. The molecule has 0 aromatic carbocycles. The molecule has 0 N–H and O–H groups in total. The Hall–Kier alpha value is -1.77. The summed E-state index contributed by atoms with van der Waals surface area (Å²) in [4.78, 5) is 12.5. The summed E-state index contributed by atoms with van der Waals surface area (Å²) >= 11 is 0. The van der Waals surface area contributed by atoms with Gasteiger partial charge in [-0.25, -0.2) is 9.97 Å². The van der Waals surface area contributed by atoms with Crippen LogP contribution < -0.4 is 0 Å². The molecule has 0 saturated carbocycles. The van der Waals surface area contributed by atoms with Gasteiger partial charge in [-0.1, -0.05) is 0 Å². The molecule has 0 unspecified atom stereocenters. The van der Waals surface area contributed by atoms with Crippen molar-refractivity contribution in [2.45, 2.75) is 13.8 Å². The van der Waals surface area contributed by atoms with Crippen molar-refractivity contribution in [2.24, 2.45) is 0 Å². The monoisotopic (exact) mass is 185 g/mol. The van der Waals surface area contributed by atoms with E-state index in [0.29, 0.717) is 0 Å². The highest BCUT2D eigenvalue weighted by molar-refractivity contribution is 5.60. The topological polar surface area (TPSA) is 38.7 Å². The summed E-state index contributed by atoms with van der Waals surface area (Å²) in [6, 6.07) is 5.92. The second kappa shape index (κ2) is 3.54. The Balaban J connectivity index is 2.53. The van der Waals surface area contributed by atoms with Crippen LogP contribution in [0, 0.1) is 13.8 Å². The highest BCUT2D eigenvalue weighted by Crippen LogP contribution is 2.18. The third-order valence-corrected chi connectivity index (χ3v) is 2.08. The van der Waals surface area contributed by atoms with E-state index >= 15 is 0 Å². The fraction of sp³-hybridized carbons (Fsp3) is 0.182. The third-order valence-electron chi connectivity index (χ3n) is 2.08. The molecular weight excluding hydrogens is 174 g/mol. The van der Waals surface area contributed by atoms with Gasteiger partial charge >= 0.3 is 0 Å². The molecule has 0 bridgehead atoms. The molecular formula is C11H11N3. The van der Waals surface area contributed by atoms with Crippen molar-refractivity contribution in [1.82, 2.24) is 15.0 Å². The molecule has 0 amide bonds. The Kier molecular flexibility index (Phi) is 2.23. The lowest BCUT2D eigenvalue weighted by molar-refractivity contribution is 1.11. The van der Waals surface area contributed by atoms with Crippen LogP contribution in [-0.2, 0) is 0 Å². The van der Waals surface area contributed by atoms with Crippen molar-refractivity contribution in [3.63, 3.8) is 0 Å². The Bertz CT molecular complexity index is 438. The van der Waals surface area contributed by atoms with E-state index in [4.69, 9.17) is 0 Å². The van der Waals surface area contributed by atoms with Crippen molar-refractivity contribution in [1.29, 1.82) is 0 Å². The first-order valence-electron chi connectivity index (χ1n) is 4.48. The van der Waals surface area contributed by atoms with E-state index in [9.17, 15) is 0 Å². The van der Waals surface area contributed by atoms with Crippen molar-refractivity contribution in [3.05, 3.63) is 42.1 Å². The number of rotatable bonds is 1. The first kappa shape index (κ1) is 8.81. The molecule has 3 heteroatoms. The lowest BCUT2D eigenvalue weighted by Gasteiger charge is -2.04. The van der Waals surface area contributed by atoms with Gasteiger partial charge in [0.2, 0.25) is 0 Å². The predicted molar refractivity (Wildman–Crippen MR) is 54.7 cm³/mol. The smallest absolute Gasteiger partial charge is 0.116 e. The maximum Gasteiger partial charge on any atom is 0.116 e. The van der Waals surface area contributed by atoms with E-state index in [1.165, 1.54) is 0 Å². The quantitative estimate of drug-likeness (QED) is 0.683. The van der Waals surface area contributed by atoms with Gasteiger partial charge in [0, 0.05) is 23.1 Å². The summed E-state index contributed by atoms with van der Waals surface area (Å²) in [6.07, 6.45) is 3.29. The molecule has 14 heavy (non-hydrogen) atoms. The summed E-state index contributed by atoms with van der Waals surface area (Å²) in [7, 11) is 0. The molecule has 2 aromatic rings. The molecule has 0 radical (unpaired) electrons. The number of pyridine rings is 1. The number of aryl methyl sites for hydroxylation is 2. The minimum Gasteiger partial charge on any atom is -0.258 e. The number of aromatic nitrogens is 3. The average Bonchev–Trinajstić information content (AvgIpc) is 2.19. The van der Waals surface area contributed by atoms with Gasteiger partial charge in [0.25, 0.3) is 0 Å². The van der Waals surface area contributed by atoms with Gasteiger partial charge in [-0.3, -0.25) is 4.98 Å². The molecule has 2 rings (SSSR count). The van der Waals surface area contributed by atoms with E-state index in [1.807, 2.05) is 32.0 Å². The normalized spacial score (nSPS) is 10.1. The second-order valence-electron chi connectivity index (χ2n) is 3.18. The van der Waals surface area contributed by atoms with Crippen LogP contribution in [-0.4, -0.2) is 15.0 Å². The second-order valence-corrected chi connectivity index (χ2v) is 3.18. The fourth-order valence-corrected chi connectivity index (χ4v) is 1.41. The van der Waals surface area contributed by atoms with Gasteiger partial charge in [0.05, 0.1) is 5.69 Å². The van der Waals surface area contributed by atoms with Crippen molar-refractivity contribution in [2.75, 3.05) is 0 Å². The van der Waals surface area contributed by atoms with Crippen LogP contribution in [0.2, 0.25) is 0 Å². The zero-order valence-corrected chi connectivity index (χ0v) is 8.23. The molecule has 0 aliphatic carbocycles. The van der Waals surface area contributed by atoms with Crippen molar-refractivity contribution < 1.29 is 0 Å². The van der Waals surface area contributed by atoms with E-state index in [0.717, 1.165) is 22.6 Å². The van der Waals surface area contributed by atoms with E-state index < -0.39 is 0 Å². The fourth-order valence-electron chi connectivity index (χ4n) is 1.41. The minimum absolute atomic E-state index is 0.921. The lowest BCUT2D eigenvalue weighted by Crippen LogP contribution is -1.92. The summed E-state index contributed by atoms with van der Waals surface area (Å²) in [5, 5.41) is 0. The Morgan fingerprint density at radius 3 is 2.57 bits per heavy atom. The van der Waals surface area contributed by atoms with Crippen molar-refractivity contribution in [3.8, 4) is 11.3 Å². The van der Waals surface area contributed by atoms with Gasteiger partial charge in [-0.15, -0.1) is 0 Å². The van der Waals surface area contributed by atoms with Crippen LogP contribution in [0.25, 0.3) is 11.3 Å². The van der Waals surface area contributed by atoms with Gasteiger partial charge < -0.3 is 0 Å². The maximum atomic E-state index is 4.39. The van der Waals surface area contributed by atoms with Gasteiger partial charge in [0.15, 0.2) is 0 Å². The van der Waals surface area contributed by atoms with Crippen LogP contribution >= 0.6 is 0 Å². The summed E-state index contributed by atoms with van der Waals surface area (Å²) < 4.78 is 0. The standard InChI is InChI=1S/C11H11N3/c1-8-3-4-10(9(2)14-8)11-5-6-12-7-13-11/h3-7H,1-2H3.